The van der Waals surface area contributed by atoms with Gasteiger partial charge in [-0.1, -0.05) is 41.4 Å². The molecule has 138 valence electrons. The maximum Gasteiger partial charge on any atom is 0.221 e. The molecule has 0 aliphatic heterocycles. The Morgan fingerprint density at radius 2 is 1.78 bits per heavy atom. The Bertz CT molecular complexity index is 955. The highest BCUT2D eigenvalue weighted by molar-refractivity contribution is 6.35. The van der Waals surface area contributed by atoms with E-state index in [1.54, 1.807) is 30.5 Å². The number of halogens is 2. The second-order valence-corrected chi connectivity index (χ2v) is 6.67. The number of benzene rings is 2. The first-order valence-corrected chi connectivity index (χ1v) is 8.89. The summed E-state index contributed by atoms with van der Waals surface area (Å²) in [5, 5.41) is 3.78. The number of carbonyl (C=O) groups is 1. The number of nitrogens with zero attached hydrogens (tertiary/aromatic N) is 1. The summed E-state index contributed by atoms with van der Waals surface area (Å²) in [4.78, 5) is 15.3. The van der Waals surface area contributed by atoms with Crippen LogP contribution in [0.5, 0.6) is 5.75 Å². The van der Waals surface area contributed by atoms with Crippen molar-refractivity contribution in [2.75, 3.05) is 11.1 Å². The molecule has 1 heterocycles. The molecular formula is C20H17Cl2N3O2. The third kappa shape index (κ3) is 4.70. The molecular weight excluding hydrogens is 385 g/mol. The van der Waals surface area contributed by atoms with Gasteiger partial charge in [0.25, 0.3) is 0 Å². The largest absolute Gasteiger partial charge is 0.485 e. The molecule has 0 fully saturated rings. The summed E-state index contributed by atoms with van der Waals surface area (Å²) in [6.07, 6.45) is 1.66. The van der Waals surface area contributed by atoms with Gasteiger partial charge in [-0.15, -0.1) is 0 Å². The number of hydrogen-bond donors (Lipinski definition) is 2. The first kappa shape index (κ1) is 19.0. The van der Waals surface area contributed by atoms with Crippen LogP contribution in [0, 0.1) is 0 Å². The lowest BCUT2D eigenvalue weighted by molar-refractivity contribution is -0.114. The lowest BCUT2D eigenvalue weighted by Crippen LogP contribution is -2.05. The number of nitrogens with two attached hydrogens (primary N) is 1. The summed E-state index contributed by atoms with van der Waals surface area (Å²) in [6, 6.07) is 14.5. The molecule has 0 aliphatic rings. The van der Waals surface area contributed by atoms with Crippen LogP contribution in [0.2, 0.25) is 10.0 Å². The zero-order valence-corrected chi connectivity index (χ0v) is 16.0. The summed E-state index contributed by atoms with van der Waals surface area (Å²) in [5.74, 6) is 0.594. The monoisotopic (exact) mass is 401 g/mol. The van der Waals surface area contributed by atoms with Crippen molar-refractivity contribution >= 4 is 40.6 Å². The molecule has 0 atom stereocenters. The van der Waals surface area contributed by atoms with E-state index >= 15 is 0 Å². The van der Waals surface area contributed by atoms with Crippen molar-refractivity contribution in [2.24, 2.45) is 0 Å². The number of ether oxygens (including phenoxy) is 1. The molecule has 3 N–H and O–H groups in total. The van der Waals surface area contributed by atoms with Crippen LogP contribution in [-0.2, 0) is 11.4 Å². The molecule has 2 aromatic carbocycles. The van der Waals surface area contributed by atoms with E-state index in [-0.39, 0.29) is 18.3 Å². The van der Waals surface area contributed by atoms with Crippen molar-refractivity contribution < 1.29 is 9.53 Å². The Balaban J connectivity index is 1.81. The van der Waals surface area contributed by atoms with Gasteiger partial charge in [-0.3, -0.25) is 4.79 Å². The van der Waals surface area contributed by atoms with Gasteiger partial charge < -0.3 is 15.8 Å². The van der Waals surface area contributed by atoms with Gasteiger partial charge >= 0.3 is 0 Å². The maximum absolute atomic E-state index is 11.1. The summed E-state index contributed by atoms with van der Waals surface area (Å²) < 4.78 is 5.81. The number of aromatic nitrogens is 1. The maximum atomic E-state index is 11.1. The van der Waals surface area contributed by atoms with Crippen molar-refractivity contribution in [2.45, 2.75) is 13.5 Å². The van der Waals surface area contributed by atoms with Crippen LogP contribution in [0.3, 0.4) is 0 Å². The fourth-order valence-corrected chi connectivity index (χ4v) is 3.00. The average Bonchev–Trinajstić information content (AvgIpc) is 2.63. The van der Waals surface area contributed by atoms with Gasteiger partial charge in [0.05, 0.1) is 0 Å². The van der Waals surface area contributed by atoms with Crippen LogP contribution < -0.4 is 15.8 Å². The quantitative estimate of drug-likeness (QED) is 0.617. The summed E-state index contributed by atoms with van der Waals surface area (Å²) in [7, 11) is 0. The Labute approximate surface area is 167 Å². The lowest BCUT2D eigenvalue weighted by atomic mass is 10.1. The molecule has 0 bridgehead atoms. The molecule has 5 nitrogen and oxygen atoms in total. The topological polar surface area (TPSA) is 77.2 Å². The minimum absolute atomic E-state index is 0.120. The summed E-state index contributed by atoms with van der Waals surface area (Å²) in [5.41, 5.74) is 9.09. The highest BCUT2D eigenvalue weighted by atomic mass is 35.5. The Hall–Kier alpha value is -2.76. The zero-order valence-electron chi connectivity index (χ0n) is 14.5. The molecule has 7 heteroatoms. The van der Waals surface area contributed by atoms with Crippen molar-refractivity contribution in [3.8, 4) is 16.9 Å². The van der Waals surface area contributed by atoms with Gasteiger partial charge in [0.15, 0.2) is 11.6 Å². The number of pyridine rings is 1. The number of rotatable bonds is 5. The third-order valence-electron chi connectivity index (χ3n) is 3.85. The minimum Gasteiger partial charge on any atom is -0.485 e. The van der Waals surface area contributed by atoms with E-state index in [1.165, 1.54) is 6.92 Å². The molecule has 0 unspecified atom stereocenters. The van der Waals surface area contributed by atoms with Gasteiger partial charge in [0, 0.05) is 40.0 Å². The fraction of sp³-hybridized carbons (Fsp3) is 0.100. The van der Waals surface area contributed by atoms with Gasteiger partial charge in [-0.05, 0) is 35.9 Å². The highest BCUT2D eigenvalue weighted by Crippen LogP contribution is 2.30. The van der Waals surface area contributed by atoms with Crippen LogP contribution in [-0.4, -0.2) is 10.9 Å². The minimum atomic E-state index is -0.120. The molecule has 3 rings (SSSR count). The molecule has 0 spiro atoms. The molecule has 1 amide bonds. The first-order chi connectivity index (χ1) is 12.9. The Morgan fingerprint density at radius 1 is 1.11 bits per heavy atom. The smallest absolute Gasteiger partial charge is 0.221 e. The number of anilines is 2. The van der Waals surface area contributed by atoms with E-state index < -0.39 is 0 Å². The predicted molar refractivity (Wildman–Crippen MR) is 109 cm³/mol. The van der Waals surface area contributed by atoms with E-state index in [4.69, 9.17) is 33.7 Å². The van der Waals surface area contributed by atoms with Crippen molar-refractivity contribution in [3.05, 3.63) is 70.3 Å². The third-order valence-corrected chi connectivity index (χ3v) is 4.56. The van der Waals surface area contributed by atoms with E-state index in [0.717, 1.165) is 16.8 Å². The van der Waals surface area contributed by atoms with E-state index in [2.05, 4.69) is 10.3 Å². The van der Waals surface area contributed by atoms with Crippen LogP contribution in [0.15, 0.2) is 54.7 Å². The second-order valence-electron chi connectivity index (χ2n) is 5.85. The molecule has 3 aromatic rings. The Morgan fingerprint density at radius 3 is 2.41 bits per heavy atom. The van der Waals surface area contributed by atoms with Gasteiger partial charge in [-0.2, -0.15) is 0 Å². The van der Waals surface area contributed by atoms with E-state index in [9.17, 15) is 4.79 Å². The molecule has 27 heavy (non-hydrogen) atoms. The van der Waals surface area contributed by atoms with Crippen LogP contribution in [0.1, 0.15) is 12.5 Å². The average molecular weight is 402 g/mol. The summed E-state index contributed by atoms with van der Waals surface area (Å²) >= 11 is 12.3. The van der Waals surface area contributed by atoms with Crippen molar-refractivity contribution in [1.29, 1.82) is 0 Å². The molecule has 0 radical (unpaired) electrons. The second kappa shape index (κ2) is 8.29. The van der Waals surface area contributed by atoms with E-state index in [0.29, 0.717) is 21.4 Å². The van der Waals surface area contributed by atoms with Crippen LogP contribution in [0.4, 0.5) is 11.5 Å². The van der Waals surface area contributed by atoms with Crippen LogP contribution in [0.25, 0.3) is 11.1 Å². The van der Waals surface area contributed by atoms with E-state index in [1.807, 2.05) is 24.3 Å². The number of carbonyl (C=O) groups excluding carboxylic acids is 1. The lowest BCUT2D eigenvalue weighted by Gasteiger charge is -2.12. The fourth-order valence-electron chi connectivity index (χ4n) is 2.50. The Kier molecular flexibility index (Phi) is 5.84. The van der Waals surface area contributed by atoms with Crippen molar-refractivity contribution in [1.82, 2.24) is 4.98 Å². The first-order valence-electron chi connectivity index (χ1n) is 8.13. The van der Waals surface area contributed by atoms with Crippen LogP contribution >= 0.6 is 23.2 Å². The number of hydrogen-bond acceptors (Lipinski definition) is 4. The zero-order chi connectivity index (χ0) is 19.4. The van der Waals surface area contributed by atoms with Gasteiger partial charge in [0.2, 0.25) is 5.91 Å². The number of amides is 1. The number of nitrogen functional groups attached to an aromatic ring is 1. The molecule has 0 saturated heterocycles. The van der Waals surface area contributed by atoms with Crippen molar-refractivity contribution in [3.63, 3.8) is 0 Å². The molecule has 1 aromatic heterocycles. The van der Waals surface area contributed by atoms with Gasteiger partial charge in [0.1, 0.15) is 6.61 Å². The standard InChI is InChI=1S/C20H17Cl2N3O2/c1-12(26)25-15-7-5-13(6-8-15)14-9-19(20(23)24-10-14)27-11-16-17(21)3-2-4-18(16)22/h2-10H,11H2,1H3,(H2,23,24)(H,25,26). The molecule has 0 saturated carbocycles. The van der Waals surface area contributed by atoms with Gasteiger partial charge in [-0.25, -0.2) is 4.98 Å². The normalized spacial score (nSPS) is 10.5. The SMILES string of the molecule is CC(=O)Nc1ccc(-c2cnc(N)c(OCc3c(Cl)cccc3Cl)c2)cc1. The number of nitrogens with one attached hydrogen (secondary N) is 1. The highest BCUT2D eigenvalue weighted by Gasteiger charge is 2.10. The molecule has 0 aliphatic carbocycles. The summed E-state index contributed by atoms with van der Waals surface area (Å²) in [6.45, 7) is 1.64. The predicted octanol–water partition coefficient (Wildman–Crippen LogP) is 5.18.